The van der Waals surface area contributed by atoms with Crippen LogP contribution >= 0.6 is 11.3 Å². The van der Waals surface area contributed by atoms with E-state index >= 15 is 0 Å². The largest absolute Gasteiger partial charge is 0.507 e. The molecule has 2 heterocycles. The first-order valence-electron chi connectivity index (χ1n) is 10.6. The van der Waals surface area contributed by atoms with Crippen LogP contribution in [-0.2, 0) is 9.59 Å². The zero-order chi connectivity index (χ0) is 23.8. The highest BCUT2D eigenvalue weighted by molar-refractivity contribution is 7.22. The Morgan fingerprint density at radius 1 is 1.09 bits per heavy atom. The van der Waals surface area contributed by atoms with Gasteiger partial charge < -0.3 is 9.84 Å². The summed E-state index contributed by atoms with van der Waals surface area (Å²) in [7, 11) is 0. The molecule has 1 saturated heterocycles. The number of rotatable bonds is 5. The maximum Gasteiger partial charge on any atom is 0.301 e. The molecule has 170 valence electrons. The molecule has 4 aromatic rings. The Labute approximate surface area is 198 Å². The number of carbonyl (C=O) groups excluding carboxylic acids is 2. The Balaban J connectivity index is 1.70. The SMILES string of the molecule is CCOc1ccc([C@@H]2/C(=C(\O)c3ccccc3)C(=O)C(=O)N2c2nc3ccc(F)cc3s2)cc1. The van der Waals surface area contributed by atoms with E-state index in [9.17, 15) is 19.1 Å². The van der Waals surface area contributed by atoms with E-state index in [4.69, 9.17) is 4.74 Å². The molecule has 5 rings (SSSR count). The zero-order valence-corrected chi connectivity index (χ0v) is 18.9. The summed E-state index contributed by atoms with van der Waals surface area (Å²) in [4.78, 5) is 32.2. The number of ether oxygens (including phenoxy) is 1. The summed E-state index contributed by atoms with van der Waals surface area (Å²) in [6, 6.07) is 18.8. The molecule has 0 bridgehead atoms. The molecule has 1 atom stereocenters. The second-order valence-corrected chi connectivity index (χ2v) is 8.65. The van der Waals surface area contributed by atoms with Gasteiger partial charge in [0.2, 0.25) is 0 Å². The van der Waals surface area contributed by atoms with Crippen molar-refractivity contribution >= 4 is 44.1 Å². The number of nitrogens with zero attached hydrogens (tertiary/aromatic N) is 2. The molecular formula is C26H19FN2O4S. The van der Waals surface area contributed by atoms with Crippen molar-refractivity contribution in [2.45, 2.75) is 13.0 Å². The van der Waals surface area contributed by atoms with Crippen molar-refractivity contribution in [2.75, 3.05) is 11.5 Å². The van der Waals surface area contributed by atoms with Gasteiger partial charge in [-0.1, -0.05) is 53.8 Å². The molecule has 1 aromatic heterocycles. The van der Waals surface area contributed by atoms with Crippen LogP contribution in [0.15, 0.2) is 78.4 Å². The first kappa shape index (κ1) is 21.8. The Morgan fingerprint density at radius 3 is 2.53 bits per heavy atom. The van der Waals surface area contributed by atoms with E-state index in [2.05, 4.69) is 4.98 Å². The highest BCUT2D eigenvalue weighted by atomic mass is 32.1. The lowest BCUT2D eigenvalue weighted by atomic mass is 9.95. The standard InChI is InChI=1S/C26H19FN2O4S/c1-2-33-18-11-8-15(9-12-18)22-21(23(30)16-6-4-3-5-7-16)24(31)25(32)29(22)26-28-19-13-10-17(27)14-20(19)34-26/h3-14,22,30H,2H2,1H3/b23-21+/t22-/m1/s1. The number of carbonyl (C=O) groups is 2. The Bertz CT molecular complexity index is 1430. The van der Waals surface area contributed by atoms with Crippen molar-refractivity contribution in [1.82, 2.24) is 4.98 Å². The molecule has 8 heteroatoms. The normalized spacial score (nSPS) is 17.5. The van der Waals surface area contributed by atoms with Gasteiger partial charge in [-0.15, -0.1) is 0 Å². The lowest BCUT2D eigenvalue weighted by Crippen LogP contribution is -2.29. The third-order valence-corrected chi connectivity index (χ3v) is 6.56. The fourth-order valence-corrected chi connectivity index (χ4v) is 5.02. The molecule has 0 aliphatic carbocycles. The quantitative estimate of drug-likeness (QED) is 0.236. The average molecular weight is 475 g/mol. The summed E-state index contributed by atoms with van der Waals surface area (Å²) in [6.45, 7) is 2.37. The van der Waals surface area contributed by atoms with Gasteiger partial charge in [0.05, 0.1) is 28.4 Å². The van der Waals surface area contributed by atoms with Gasteiger partial charge in [-0.2, -0.15) is 0 Å². The smallest absolute Gasteiger partial charge is 0.301 e. The van der Waals surface area contributed by atoms with Crippen molar-refractivity contribution in [3.8, 4) is 5.75 Å². The lowest BCUT2D eigenvalue weighted by molar-refractivity contribution is -0.132. The molecule has 0 spiro atoms. The van der Waals surface area contributed by atoms with Gasteiger partial charge in [0, 0.05) is 5.56 Å². The van der Waals surface area contributed by atoms with Crippen LogP contribution in [0.1, 0.15) is 24.1 Å². The Hall–Kier alpha value is -4.04. The predicted octanol–water partition coefficient (Wildman–Crippen LogP) is 5.46. The zero-order valence-electron chi connectivity index (χ0n) is 18.1. The molecule has 0 radical (unpaired) electrons. The summed E-state index contributed by atoms with van der Waals surface area (Å²) in [5, 5.41) is 11.4. The number of benzene rings is 3. The number of anilines is 1. The van der Waals surface area contributed by atoms with E-state index in [0.29, 0.717) is 33.7 Å². The number of hydrogen-bond acceptors (Lipinski definition) is 6. The van der Waals surface area contributed by atoms with E-state index < -0.39 is 23.5 Å². The minimum atomic E-state index is -0.915. The fraction of sp³-hybridized carbons (Fsp3) is 0.115. The molecule has 1 aliphatic rings. The van der Waals surface area contributed by atoms with E-state index in [1.165, 1.54) is 23.1 Å². The van der Waals surface area contributed by atoms with E-state index in [0.717, 1.165) is 11.3 Å². The Morgan fingerprint density at radius 2 is 1.82 bits per heavy atom. The van der Waals surface area contributed by atoms with E-state index in [-0.39, 0.29) is 16.5 Å². The molecule has 1 aliphatic heterocycles. The highest BCUT2D eigenvalue weighted by Crippen LogP contribution is 2.44. The highest BCUT2D eigenvalue weighted by Gasteiger charge is 2.48. The third-order valence-electron chi connectivity index (χ3n) is 5.54. The molecule has 1 amide bonds. The van der Waals surface area contributed by atoms with Gasteiger partial charge in [-0.25, -0.2) is 9.37 Å². The number of aromatic nitrogens is 1. The van der Waals surface area contributed by atoms with Crippen LogP contribution < -0.4 is 9.64 Å². The molecule has 34 heavy (non-hydrogen) atoms. The van der Waals surface area contributed by atoms with Gasteiger partial charge in [0.1, 0.15) is 17.3 Å². The number of Topliss-reactive ketones (excluding diaryl/α,β-unsaturated/α-hetero) is 1. The maximum absolute atomic E-state index is 13.8. The van der Waals surface area contributed by atoms with E-state index in [1.54, 1.807) is 54.6 Å². The maximum atomic E-state index is 13.8. The molecule has 0 saturated carbocycles. The van der Waals surface area contributed by atoms with Crippen LogP contribution in [0.5, 0.6) is 5.75 Å². The molecule has 0 unspecified atom stereocenters. The second kappa shape index (κ2) is 8.72. The molecule has 1 N–H and O–H groups in total. The monoisotopic (exact) mass is 474 g/mol. The number of hydrogen-bond donors (Lipinski definition) is 1. The van der Waals surface area contributed by atoms with Crippen molar-refractivity contribution in [1.29, 1.82) is 0 Å². The topological polar surface area (TPSA) is 79.7 Å². The Kier molecular flexibility index (Phi) is 5.59. The summed E-state index contributed by atoms with van der Waals surface area (Å²) in [5.41, 5.74) is 1.50. The van der Waals surface area contributed by atoms with Gasteiger partial charge in [0.25, 0.3) is 5.78 Å². The average Bonchev–Trinajstić information content (AvgIpc) is 3.37. The van der Waals surface area contributed by atoms with Gasteiger partial charge >= 0.3 is 5.91 Å². The summed E-state index contributed by atoms with van der Waals surface area (Å²) in [6.07, 6.45) is 0. The third kappa shape index (κ3) is 3.72. The number of thiazole rings is 1. The number of aliphatic hydroxyl groups is 1. The van der Waals surface area contributed by atoms with Crippen LogP contribution in [0.25, 0.3) is 16.0 Å². The van der Waals surface area contributed by atoms with Gasteiger partial charge in [-0.3, -0.25) is 14.5 Å². The van der Waals surface area contributed by atoms with Crippen LogP contribution in [-0.4, -0.2) is 28.4 Å². The minimum absolute atomic E-state index is 0.0363. The first-order valence-corrected chi connectivity index (χ1v) is 11.4. The van der Waals surface area contributed by atoms with Crippen LogP contribution in [0, 0.1) is 5.82 Å². The van der Waals surface area contributed by atoms with Crippen molar-refractivity contribution in [3.05, 3.63) is 95.3 Å². The minimum Gasteiger partial charge on any atom is -0.507 e. The summed E-state index contributed by atoms with van der Waals surface area (Å²) >= 11 is 1.11. The van der Waals surface area contributed by atoms with Crippen molar-refractivity contribution < 1.29 is 23.8 Å². The number of fused-ring (bicyclic) bond motifs is 1. The van der Waals surface area contributed by atoms with Gasteiger partial charge in [-0.05, 0) is 42.8 Å². The molecule has 3 aromatic carbocycles. The van der Waals surface area contributed by atoms with Gasteiger partial charge in [0.15, 0.2) is 5.13 Å². The number of amides is 1. The number of ketones is 1. The first-order chi connectivity index (χ1) is 16.5. The predicted molar refractivity (Wildman–Crippen MR) is 128 cm³/mol. The van der Waals surface area contributed by atoms with Crippen molar-refractivity contribution in [2.24, 2.45) is 0 Å². The second-order valence-electron chi connectivity index (χ2n) is 7.65. The van der Waals surface area contributed by atoms with Crippen molar-refractivity contribution in [3.63, 3.8) is 0 Å². The molecule has 6 nitrogen and oxygen atoms in total. The fourth-order valence-electron chi connectivity index (χ4n) is 4.00. The van der Waals surface area contributed by atoms with E-state index in [1.807, 2.05) is 6.92 Å². The summed E-state index contributed by atoms with van der Waals surface area (Å²) < 4.78 is 19.8. The molecule has 1 fully saturated rings. The lowest BCUT2D eigenvalue weighted by Gasteiger charge is -2.23. The van der Waals surface area contributed by atoms with Crippen LogP contribution in [0.2, 0.25) is 0 Å². The molecular weight excluding hydrogens is 455 g/mol. The number of aliphatic hydroxyl groups excluding tert-OH is 1. The number of halogens is 1. The van der Waals surface area contributed by atoms with Crippen LogP contribution in [0.3, 0.4) is 0 Å². The summed E-state index contributed by atoms with van der Waals surface area (Å²) in [5.74, 6) is -1.67. The van der Waals surface area contributed by atoms with Crippen LogP contribution in [0.4, 0.5) is 9.52 Å².